The van der Waals surface area contributed by atoms with E-state index in [-0.39, 0.29) is 0 Å². The van der Waals surface area contributed by atoms with Crippen LogP contribution in [-0.4, -0.2) is 5.11 Å². The van der Waals surface area contributed by atoms with Gasteiger partial charge in [-0.1, -0.05) is 6.92 Å². The zero-order chi connectivity index (χ0) is 9.42. The maximum atomic E-state index is 9.44. The molecular formula is C12H16O. The zero-order valence-corrected chi connectivity index (χ0v) is 8.30. The van der Waals surface area contributed by atoms with Crippen LogP contribution in [0.1, 0.15) is 42.4 Å². The molecule has 1 aliphatic carbocycles. The summed E-state index contributed by atoms with van der Waals surface area (Å²) >= 11 is 0. The van der Waals surface area contributed by atoms with E-state index in [2.05, 4.69) is 13.8 Å². The third kappa shape index (κ3) is 1.32. The van der Waals surface area contributed by atoms with Crippen LogP contribution in [0.15, 0.2) is 12.1 Å². The highest BCUT2D eigenvalue weighted by Crippen LogP contribution is 2.39. The van der Waals surface area contributed by atoms with Gasteiger partial charge in [0.05, 0.1) is 0 Å². The molecule has 0 spiro atoms. The van der Waals surface area contributed by atoms with E-state index < -0.39 is 0 Å². The maximum Gasteiger partial charge on any atom is 0.116 e. The second-order valence-corrected chi connectivity index (χ2v) is 3.98. The summed E-state index contributed by atoms with van der Waals surface area (Å²) in [6.07, 6.45) is 3.62. The number of phenols is 1. The van der Waals surface area contributed by atoms with E-state index in [9.17, 15) is 5.11 Å². The molecule has 0 saturated heterocycles. The van der Waals surface area contributed by atoms with Crippen LogP contribution in [0, 0.1) is 6.92 Å². The van der Waals surface area contributed by atoms with Crippen molar-refractivity contribution in [3.05, 3.63) is 28.8 Å². The summed E-state index contributed by atoms with van der Waals surface area (Å²) in [5.41, 5.74) is 4.13. The Morgan fingerprint density at radius 1 is 1.46 bits per heavy atom. The molecule has 1 heteroatoms. The number of hydrogen-bond acceptors (Lipinski definition) is 1. The summed E-state index contributed by atoms with van der Waals surface area (Å²) in [4.78, 5) is 0. The van der Waals surface area contributed by atoms with Gasteiger partial charge in [0, 0.05) is 0 Å². The van der Waals surface area contributed by atoms with Crippen molar-refractivity contribution in [3.8, 4) is 5.75 Å². The van der Waals surface area contributed by atoms with Gasteiger partial charge in [-0.25, -0.2) is 0 Å². The lowest BCUT2D eigenvalue weighted by Gasteiger charge is -2.11. The zero-order valence-electron chi connectivity index (χ0n) is 8.30. The molecule has 0 fully saturated rings. The van der Waals surface area contributed by atoms with Crippen LogP contribution in [0.3, 0.4) is 0 Å². The summed E-state index contributed by atoms with van der Waals surface area (Å²) < 4.78 is 0. The first-order valence-corrected chi connectivity index (χ1v) is 5.04. The van der Waals surface area contributed by atoms with E-state index in [4.69, 9.17) is 0 Å². The van der Waals surface area contributed by atoms with Crippen molar-refractivity contribution < 1.29 is 5.11 Å². The van der Waals surface area contributed by atoms with E-state index in [1.807, 2.05) is 12.1 Å². The minimum absolute atomic E-state index is 0.424. The predicted molar refractivity (Wildman–Crippen MR) is 54.2 cm³/mol. The highest BCUT2D eigenvalue weighted by molar-refractivity contribution is 5.45. The summed E-state index contributed by atoms with van der Waals surface area (Å²) in [6, 6.07) is 3.81. The molecule has 0 saturated carbocycles. The largest absolute Gasteiger partial charge is 0.508 e. The van der Waals surface area contributed by atoms with Crippen molar-refractivity contribution in [2.45, 2.75) is 39.0 Å². The number of hydrogen-bond donors (Lipinski definition) is 1. The minimum Gasteiger partial charge on any atom is -0.508 e. The molecule has 1 aromatic rings. The van der Waals surface area contributed by atoms with E-state index in [1.165, 1.54) is 29.5 Å². The lowest BCUT2D eigenvalue weighted by molar-refractivity contribution is 0.474. The molecule has 13 heavy (non-hydrogen) atoms. The summed E-state index contributed by atoms with van der Waals surface area (Å²) in [5, 5.41) is 9.44. The quantitative estimate of drug-likeness (QED) is 0.697. The Morgan fingerprint density at radius 3 is 2.92 bits per heavy atom. The Hall–Kier alpha value is -0.980. The van der Waals surface area contributed by atoms with E-state index in [0.29, 0.717) is 5.75 Å². The number of aryl methyl sites for hydroxylation is 2. The van der Waals surface area contributed by atoms with Gasteiger partial charge in [-0.05, 0) is 60.9 Å². The van der Waals surface area contributed by atoms with Gasteiger partial charge in [-0.3, -0.25) is 0 Å². The van der Waals surface area contributed by atoms with E-state index >= 15 is 0 Å². The third-order valence-corrected chi connectivity index (χ3v) is 3.12. The second-order valence-electron chi connectivity index (χ2n) is 3.98. The second kappa shape index (κ2) is 3.06. The molecule has 2 rings (SSSR count). The fourth-order valence-electron chi connectivity index (χ4n) is 2.52. The van der Waals surface area contributed by atoms with Crippen LogP contribution in [0.25, 0.3) is 0 Å². The molecule has 0 bridgehead atoms. The number of fused-ring (bicyclic) bond motifs is 1. The van der Waals surface area contributed by atoms with Gasteiger partial charge < -0.3 is 5.11 Å². The van der Waals surface area contributed by atoms with Crippen molar-refractivity contribution in [1.82, 2.24) is 0 Å². The molecule has 70 valence electrons. The number of rotatable bonds is 1. The van der Waals surface area contributed by atoms with E-state index in [1.54, 1.807) is 0 Å². The molecule has 1 atom stereocenters. The van der Waals surface area contributed by atoms with Crippen LogP contribution >= 0.6 is 0 Å². The molecule has 1 nitrogen and oxygen atoms in total. The smallest absolute Gasteiger partial charge is 0.116 e. The molecule has 0 radical (unpaired) electrons. The molecule has 1 N–H and O–H groups in total. The lowest BCUT2D eigenvalue weighted by atomic mass is 9.94. The minimum atomic E-state index is 0.424. The predicted octanol–water partition coefficient (Wildman–Crippen LogP) is 3.14. The van der Waals surface area contributed by atoms with Gasteiger partial charge in [0.25, 0.3) is 0 Å². The van der Waals surface area contributed by atoms with Crippen molar-refractivity contribution in [2.75, 3.05) is 0 Å². The van der Waals surface area contributed by atoms with Gasteiger partial charge >= 0.3 is 0 Å². The summed E-state index contributed by atoms with van der Waals surface area (Å²) in [5.74, 6) is 1.16. The third-order valence-electron chi connectivity index (χ3n) is 3.12. The fraction of sp³-hybridized carbons (Fsp3) is 0.500. The van der Waals surface area contributed by atoms with Gasteiger partial charge in [-0.15, -0.1) is 0 Å². The lowest BCUT2D eigenvalue weighted by Crippen LogP contribution is -1.94. The van der Waals surface area contributed by atoms with Crippen LogP contribution < -0.4 is 0 Å². The molecule has 0 amide bonds. The summed E-state index contributed by atoms with van der Waals surface area (Å²) in [6.45, 7) is 4.35. The monoisotopic (exact) mass is 176 g/mol. The average Bonchev–Trinajstić information content (AvgIpc) is 2.47. The van der Waals surface area contributed by atoms with Crippen molar-refractivity contribution in [2.24, 2.45) is 0 Å². The van der Waals surface area contributed by atoms with Crippen LogP contribution in [0.4, 0.5) is 0 Å². The molecule has 0 aromatic heterocycles. The molecule has 0 aliphatic heterocycles. The van der Waals surface area contributed by atoms with Gasteiger partial charge in [0.2, 0.25) is 0 Å². The topological polar surface area (TPSA) is 20.2 Å². The van der Waals surface area contributed by atoms with Gasteiger partial charge in [0.1, 0.15) is 5.75 Å². The van der Waals surface area contributed by atoms with Crippen LogP contribution in [-0.2, 0) is 6.42 Å². The van der Waals surface area contributed by atoms with E-state index in [0.717, 1.165) is 12.3 Å². The highest BCUT2D eigenvalue weighted by Gasteiger charge is 2.22. The number of aromatic hydroxyl groups is 1. The fourth-order valence-corrected chi connectivity index (χ4v) is 2.52. The Morgan fingerprint density at radius 2 is 2.23 bits per heavy atom. The van der Waals surface area contributed by atoms with Crippen molar-refractivity contribution in [3.63, 3.8) is 0 Å². The van der Waals surface area contributed by atoms with Crippen LogP contribution in [0.2, 0.25) is 0 Å². The Labute approximate surface area is 79.4 Å². The molecule has 0 heterocycles. The first-order valence-electron chi connectivity index (χ1n) is 5.04. The summed E-state index contributed by atoms with van der Waals surface area (Å²) in [7, 11) is 0. The molecule has 1 unspecified atom stereocenters. The normalized spacial score (nSPS) is 20.3. The van der Waals surface area contributed by atoms with Gasteiger partial charge in [-0.2, -0.15) is 0 Å². The standard InChI is InChI=1S/C12H16O/c1-3-9-4-5-10-7-11(13)6-8(2)12(9)10/h6-7,9,13H,3-5H2,1-2H3. The average molecular weight is 176 g/mol. The molecule has 1 aromatic carbocycles. The first-order chi connectivity index (χ1) is 6.22. The van der Waals surface area contributed by atoms with Crippen molar-refractivity contribution in [1.29, 1.82) is 0 Å². The first kappa shape index (κ1) is 8.61. The van der Waals surface area contributed by atoms with Crippen LogP contribution in [0.5, 0.6) is 5.75 Å². The Kier molecular flexibility index (Phi) is 2.03. The van der Waals surface area contributed by atoms with Crippen molar-refractivity contribution >= 4 is 0 Å². The Bertz CT molecular complexity index is 328. The van der Waals surface area contributed by atoms with Gasteiger partial charge in [0.15, 0.2) is 0 Å². The Balaban J connectivity index is 2.51. The number of phenolic OH excluding ortho intramolecular Hbond substituents is 1. The SMILES string of the molecule is CCC1CCc2cc(O)cc(C)c21. The molecule has 1 aliphatic rings. The maximum absolute atomic E-state index is 9.44. The number of benzene rings is 1. The molecular weight excluding hydrogens is 160 g/mol. The highest BCUT2D eigenvalue weighted by atomic mass is 16.3.